The minimum atomic E-state index is 0.581. The Kier molecular flexibility index (Phi) is 5.12. The molecular formula is C17H32O. The maximum absolute atomic E-state index is 6.01. The second-order valence-electron chi connectivity index (χ2n) is 7.23. The fraction of sp³-hybridized carbons (Fsp3) is 1.00. The molecule has 0 aromatic carbocycles. The van der Waals surface area contributed by atoms with Gasteiger partial charge >= 0.3 is 0 Å². The molecule has 1 aliphatic carbocycles. The van der Waals surface area contributed by atoms with Gasteiger partial charge in [0, 0.05) is 6.61 Å². The molecule has 1 saturated heterocycles. The summed E-state index contributed by atoms with van der Waals surface area (Å²) in [6, 6.07) is 0. The van der Waals surface area contributed by atoms with Crippen LogP contribution in [0.3, 0.4) is 0 Å². The lowest BCUT2D eigenvalue weighted by molar-refractivity contribution is 0.00933. The first-order valence-electron chi connectivity index (χ1n) is 8.26. The lowest BCUT2D eigenvalue weighted by Crippen LogP contribution is -2.34. The second-order valence-corrected chi connectivity index (χ2v) is 7.23. The predicted octanol–water partition coefficient (Wildman–Crippen LogP) is 5.19. The molecule has 1 saturated carbocycles. The fourth-order valence-electron chi connectivity index (χ4n) is 4.05. The van der Waals surface area contributed by atoms with Gasteiger partial charge in [0.25, 0.3) is 0 Å². The van der Waals surface area contributed by atoms with Crippen molar-refractivity contribution < 1.29 is 4.74 Å². The average Bonchev–Trinajstić information content (AvgIpc) is 2.70. The Bertz CT molecular complexity index is 250. The van der Waals surface area contributed by atoms with Crippen LogP contribution < -0.4 is 0 Å². The van der Waals surface area contributed by atoms with E-state index in [1.54, 1.807) is 0 Å². The zero-order valence-electron chi connectivity index (χ0n) is 12.7. The first-order chi connectivity index (χ1) is 8.64. The molecule has 1 aliphatic heterocycles. The van der Waals surface area contributed by atoms with Crippen molar-refractivity contribution in [2.75, 3.05) is 6.61 Å². The molecule has 4 atom stereocenters. The quantitative estimate of drug-likeness (QED) is 0.591. The van der Waals surface area contributed by atoms with Crippen molar-refractivity contribution in [2.24, 2.45) is 17.3 Å². The highest BCUT2D eigenvalue weighted by Crippen LogP contribution is 2.48. The van der Waals surface area contributed by atoms with Gasteiger partial charge < -0.3 is 4.74 Å². The van der Waals surface area contributed by atoms with E-state index in [0.29, 0.717) is 11.5 Å². The highest BCUT2D eigenvalue weighted by molar-refractivity contribution is 4.93. The van der Waals surface area contributed by atoms with Gasteiger partial charge in [-0.05, 0) is 42.9 Å². The number of unbranched alkanes of at least 4 members (excludes halogenated alkanes) is 4. The Morgan fingerprint density at radius 1 is 1.17 bits per heavy atom. The van der Waals surface area contributed by atoms with E-state index in [-0.39, 0.29) is 0 Å². The lowest BCUT2D eigenvalue weighted by atomic mass is 9.66. The van der Waals surface area contributed by atoms with Crippen molar-refractivity contribution >= 4 is 0 Å². The summed E-state index contributed by atoms with van der Waals surface area (Å²) in [6.45, 7) is 8.19. The molecule has 2 rings (SSSR count). The van der Waals surface area contributed by atoms with E-state index >= 15 is 0 Å². The van der Waals surface area contributed by atoms with E-state index in [1.807, 2.05) is 0 Å². The van der Waals surface area contributed by atoms with E-state index in [9.17, 15) is 0 Å². The smallest absolute Gasteiger partial charge is 0.0612 e. The number of hydrogen-bond acceptors (Lipinski definition) is 1. The molecule has 0 radical (unpaired) electrons. The van der Waals surface area contributed by atoms with Gasteiger partial charge in [-0.1, -0.05) is 52.9 Å². The Morgan fingerprint density at radius 2 is 1.94 bits per heavy atom. The van der Waals surface area contributed by atoms with E-state index in [4.69, 9.17) is 4.74 Å². The summed E-state index contributed by atoms with van der Waals surface area (Å²) >= 11 is 0. The molecule has 0 bridgehead atoms. The molecule has 0 aromatic rings. The van der Waals surface area contributed by atoms with Crippen molar-refractivity contribution in [2.45, 2.75) is 84.7 Å². The lowest BCUT2D eigenvalue weighted by Gasteiger charge is -2.40. The molecule has 0 N–H and O–H groups in total. The van der Waals surface area contributed by atoms with Crippen LogP contribution in [-0.4, -0.2) is 12.7 Å². The minimum Gasteiger partial charge on any atom is -0.378 e. The van der Waals surface area contributed by atoms with Gasteiger partial charge in [0.05, 0.1) is 6.10 Å². The number of fused-ring (bicyclic) bond motifs is 1. The summed E-state index contributed by atoms with van der Waals surface area (Å²) in [5.41, 5.74) is 0.581. The molecule has 0 spiro atoms. The van der Waals surface area contributed by atoms with Crippen molar-refractivity contribution in [3.8, 4) is 0 Å². The molecule has 2 aliphatic rings. The maximum Gasteiger partial charge on any atom is 0.0612 e. The molecule has 106 valence electrons. The Balaban J connectivity index is 1.72. The molecule has 4 unspecified atom stereocenters. The monoisotopic (exact) mass is 252 g/mol. The third-order valence-corrected chi connectivity index (χ3v) is 5.44. The third-order valence-electron chi connectivity index (χ3n) is 5.44. The number of hydrogen-bond donors (Lipinski definition) is 0. The van der Waals surface area contributed by atoms with E-state index in [1.165, 1.54) is 57.8 Å². The van der Waals surface area contributed by atoms with Crippen molar-refractivity contribution in [3.63, 3.8) is 0 Å². The van der Waals surface area contributed by atoms with Crippen LogP contribution in [0.25, 0.3) is 0 Å². The molecule has 0 aromatic heterocycles. The molecule has 1 nitrogen and oxygen atoms in total. The van der Waals surface area contributed by atoms with E-state index in [2.05, 4.69) is 20.8 Å². The maximum atomic E-state index is 6.01. The summed E-state index contributed by atoms with van der Waals surface area (Å²) in [5, 5.41) is 0. The summed E-state index contributed by atoms with van der Waals surface area (Å²) in [5.74, 6) is 1.68. The molecular weight excluding hydrogens is 220 g/mol. The largest absolute Gasteiger partial charge is 0.378 e. The van der Waals surface area contributed by atoms with Gasteiger partial charge in [-0.25, -0.2) is 0 Å². The van der Waals surface area contributed by atoms with Crippen LogP contribution in [0, 0.1) is 17.3 Å². The van der Waals surface area contributed by atoms with Crippen LogP contribution in [0.1, 0.15) is 78.6 Å². The van der Waals surface area contributed by atoms with Gasteiger partial charge in [0.2, 0.25) is 0 Å². The Morgan fingerprint density at radius 3 is 2.72 bits per heavy atom. The zero-order valence-corrected chi connectivity index (χ0v) is 12.7. The van der Waals surface area contributed by atoms with Gasteiger partial charge in [-0.15, -0.1) is 0 Å². The van der Waals surface area contributed by atoms with Crippen LogP contribution in [0.4, 0.5) is 0 Å². The van der Waals surface area contributed by atoms with Crippen LogP contribution in [-0.2, 0) is 4.74 Å². The van der Waals surface area contributed by atoms with Crippen molar-refractivity contribution in [1.82, 2.24) is 0 Å². The fourth-order valence-corrected chi connectivity index (χ4v) is 4.05. The van der Waals surface area contributed by atoms with E-state index < -0.39 is 0 Å². The number of ether oxygens (including phenoxy) is 1. The summed E-state index contributed by atoms with van der Waals surface area (Å²) < 4.78 is 6.01. The predicted molar refractivity (Wildman–Crippen MR) is 77.7 cm³/mol. The van der Waals surface area contributed by atoms with Gasteiger partial charge in [-0.3, -0.25) is 0 Å². The summed E-state index contributed by atoms with van der Waals surface area (Å²) in [4.78, 5) is 0. The van der Waals surface area contributed by atoms with Gasteiger partial charge in [-0.2, -0.15) is 0 Å². The average molecular weight is 252 g/mol. The second kappa shape index (κ2) is 6.41. The van der Waals surface area contributed by atoms with E-state index in [0.717, 1.165) is 18.4 Å². The third kappa shape index (κ3) is 3.50. The Labute approximate surface area is 114 Å². The SMILES string of the molecule is CCCCCCCC1(C)CCC2C(C)COC2C1. The topological polar surface area (TPSA) is 9.23 Å². The minimum absolute atomic E-state index is 0.581. The van der Waals surface area contributed by atoms with Crippen LogP contribution in [0.2, 0.25) is 0 Å². The summed E-state index contributed by atoms with van der Waals surface area (Å²) in [6.07, 6.45) is 13.3. The molecule has 2 fully saturated rings. The van der Waals surface area contributed by atoms with Gasteiger partial charge in [0.15, 0.2) is 0 Å². The van der Waals surface area contributed by atoms with Crippen molar-refractivity contribution in [1.29, 1.82) is 0 Å². The van der Waals surface area contributed by atoms with Crippen LogP contribution in [0.5, 0.6) is 0 Å². The normalized spacial score (nSPS) is 39.8. The zero-order chi connectivity index (χ0) is 13.0. The summed E-state index contributed by atoms with van der Waals surface area (Å²) in [7, 11) is 0. The highest BCUT2D eigenvalue weighted by Gasteiger charge is 2.43. The molecule has 1 heteroatoms. The molecule has 18 heavy (non-hydrogen) atoms. The standard InChI is InChI=1S/C17H32O/c1-4-5-6-7-8-10-17(3)11-9-15-14(2)13-18-16(15)12-17/h14-16H,4-13H2,1-3H3. The van der Waals surface area contributed by atoms with Crippen molar-refractivity contribution in [3.05, 3.63) is 0 Å². The first-order valence-corrected chi connectivity index (χ1v) is 8.26. The highest BCUT2D eigenvalue weighted by atomic mass is 16.5. The van der Waals surface area contributed by atoms with Crippen LogP contribution in [0.15, 0.2) is 0 Å². The van der Waals surface area contributed by atoms with Crippen LogP contribution >= 0.6 is 0 Å². The first kappa shape index (κ1) is 14.4. The number of rotatable bonds is 6. The van der Waals surface area contributed by atoms with Gasteiger partial charge in [0.1, 0.15) is 0 Å². The molecule has 1 heterocycles. The molecule has 0 amide bonds. The Hall–Kier alpha value is -0.0400.